The smallest absolute Gasteiger partial charge is 0.240 e. The number of nitrogens with one attached hydrogen (secondary N) is 1. The molecule has 0 aliphatic carbocycles. The van der Waals surface area contributed by atoms with Crippen LogP contribution in [0.2, 0.25) is 0 Å². The third-order valence-corrected chi connectivity index (χ3v) is 4.67. The molecule has 1 saturated heterocycles. The molecule has 1 aromatic carbocycles. The molecule has 2 atom stereocenters. The highest BCUT2D eigenvalue weighted by atomic mass is 35.5. The number of benzene rings is 1. The van der Waals surface area contributed by atoms with Crippen LogP contribution in [-0.4, -0.2) is 41.8 Å². The van der Waals surface area contributed by atoms with E-state index in [-0.39, 0.29) is 18.5 Å². The number of rotatable bonds is 6. The maximum atomic E-state index is 5.41. The van der Waals surface area contributed by atoms with Crippen LogP contribution in [0.4, 0.5) is 0 Å². The molecule has 0 amide bonds. The van der Waals surface area contributed by atoms with Gasteiger partial charge in [0.15, 0.2) is 5.82 Å². The molecule has 3 rings (SSSR count). The van der Waals surface area contributed by atoms with Gasteiger partial charge in [0.25, 0.3) is 0 Å². The number of halogens is 1. The summed E-state index contributed by atoms with van der Waals surface area (Å²) in [6.07, 6.45) is 0.915. The molecule has 2 aromatic rings. The summed E-state index contributed by atoms with van der Waals surface area (Å²) in [6, 6.07) is 9.21. The van der Waals surface area contributed by atoms with Crippen LogP contribution < -0.4 is 5.32 Å². The standard InChI is InChI=1S/C18H26N4O2.ClH/c1-4-14-5-7-15(8-6-14)16-11-19-9-10-22(16)12-17-20-18(21-24-17)13(2)23-3;/h5-8,13,16,19H,4,9-12H2,1-3H3;1H. The Labute approximate surface area is 155 Å². The molecule has 1 fully saturated rings. The van der Waals surface area contributed by atoms with E-state index >= 15 is 0 Å². The molecule has 1 aromatic heterocycles. The molecule has 0 saturated carbocycles. The first-order valence-electron chi connectivity index (χ1n) is 8.60. The molecule has 0 radical (unpaired) electrons. The Balaban J connectivity index is 0.00000225. The van der Waals surface area contributed by atoms with Gasteiger partial charge in [0, 0.05) is 32.8 Å². The first-order chi connectivity index (χ1) is 11.7. The summed E-state index contributed by atoms with van der Waals surface area (Å²) in [4.78, 5) is 6.86. The van der Waals surface area contributed by atoms with Gasteiger partial charge in [0.1, 0.15) is 6.10 Å². The predicted octanol–water partition coefficient (Wildman–Crippen LogP) is 2.91. The van der Waals surface area contributed by atoms with Crippen molar-refractivity contribution in [2.75, 3.05) is 26.7 Å². The van der Waals surface area contributed by atoms with E-state index < -0.39 is 0 Å². The van der Waals surface area contributed by atoms with Crippen molar-refractivity contribution >= 4 is 12.4 Å². The maximum absolute atomic E-state index is 5.41. The van der Waals surface area contributed by atoms with Gasteiger partial charge in [0.05, 0.1) is 6.54 Å². The van der Waals surface area contributed by atoms with Crippen molar-refractivity contribution in [2.45, 2.75) is 39.0 Å². The van der Waals surface area contributed by atoms with Crippen molar-refractivity contribution in [3.8, 4) is 0 Å². The number of methoxy groups -OCH3 is 1. The van der Waals surface area contributed by atoms with Gasteiger partial charge in [-0.3, -0.25) is 4.90 Å². The van der Waals surface area contributed by atoms with Crippen LogP contribution in [0.5, 0.6) is 0 Å². The first-order valence-corrected chi connectivity index (χ1v) is 8.60. The summed E-state index contributed by atoms with van der Waals surface area (Å²) < 4.78 is 10.7. The molecule has 0 bridgehead atoms. The maximum Gasteiger partial charge on any atom is 0.240 e. The predicted molar refractivity (Wildman–Crippen MR) is 98.8 cm³/mol. The van der Waals surface area contributed by atoms with E-state index in [1.807, 2.05) is 6.92 Å². The van der Waals surface area contributed by atoms with Gasteiger partial charge < -0.3 is 14.6 Å². The van der Waals surface area contributed by atoms with Crippen LogP contribution in [0, 0.1) is 0 Å². The van der Waals surface area contributed by atoms with Gasteiger partial charge >= 0.3 is 0 Å². The van der Waals surface area contributed by atoms with Gasteiger partial charge in [-0.1, -0.05) is 36.3 Å². The molecule has 2 unspecified atom stereocenters. The summed E-state index contributed by atoms with van der Waals surface area (Å²) in [5.74, 6) is 1.25. The van der Waals surface area contributed by atoms with Crippen molar-refractivity contribution in [2.24, 2.45) is 0 Å². The van der Waals surface area contributed by atoms with Crippen molar-refractivity contribution < 1.29 is 9.26 Å². The number of ether oxygens (including phenoxy) is 1. The zero-order valence-electron chi connectivity index (χ0n) is 15.1. The van der Waals surface area contributed by atoms with Gasteiger partial charge in [0.2, 0.25) is 5.89 Å². The highest BCUT2D eigenvalue weighted by Gasteiger charge is 2.26. The summed E-state index contributed by atoms with van der Waals surface area (Å²) in [6.45, 7) is 7.61. The van der Waals surface area contributed by atoms with Crippen LogP contribution in [-0.2, 0) is 17.7 Å². The Bertz CT molecular complexity index is 647. The molecule has 0 spiro atoms. The minimum atomic E-state index is -0.150. The van der Waals surface area contributed by atoms with E-state index in [0.717, 1.165) is 26.1 Å². The molecule has 25 heavy (non-hydrogen) atoms. The van der Waals surface area contributed by atoms with Gasteiger partial charge in [-0.05, 0) is 24.5 Å². The second kappa shape index (κ2) is 9.29. The summed E-state index contributed by atoms with van der Waals surface area (Å²) in [7, 11) is 1.65. The lowest BCUT2D eigenvalue weighted by atomic mass is 10.0. The minimum absolute atomic E-state index is 0. The number of aryl methyl sites for hydroxylation is 1. The molecule has 1 N–H and O–H groups in total. The van der Waals surface area contributed by atoms with Gasteiger partial charge in [-0.15, -0.1) is 12.4 Å². The molecule has 2 heterocycles. The van der Waals surface area contributed by atoms with Crippen molar-refractivity contribution in [3.63, 3.8) is 0 Å². The van der Waals surface area contributed by atoms with Crippen LogP contribution in [0.1, 0.15) is 48.8 Å². The second-order valence-electron chi connectivity index (χ2n) is 6.21. The van der Waals surface area contributed by atoms with Crippen molar-refractivity contribution in [3.05, 3.63) is 47.1 Å². The van der Waals surface area contributed by atoms with E-state index in [9.17, 15) is 0 Å². The summed E-state index contributed by atoms with van der Waals surface area (Å²) >= 11 is 0. The van der Waals surface area contributed by atoms with E-state index in [1.54, 1.807) is 7.11 Å². The summed E-state index contributed by atoms with van der Waals surface area (Å²) in [5, 5.41) is 7.50. The fraction of sp³-hybridized carbons (Fsp3) is 0.556. The van der Waals surface area contributed by atoms with Gasteiger partial charge in [-0.2, -0.15) is 4.98 Å². The Kier molecular flexibility index (Phi) is 7.38. The fourth-order valence-electron chi connectivity index (χ4n) is 3.02. The van der Waals surface area contributed by atoms with Crippen LogP contribution in [0.25, 0.3) is 0 Å². The molecular formula is C18H27ClN4O2. The number of hydrogen-bond donors (Lipinski definition) is 1. The number of nitrogens with zero attached hydrogens (tertiary/aromatic N) is 3. The Morgan fingerprint density at radius 2 is 2.12 bits per heavy atom. The normalized spacial score (nSPS) is 19.4. The topological polar surface area (TPSA) is 63.4 Å². The highest BCUT2D eigenvalue weighted by molar-refractivity contribution is 5.85. The van der Waals surface area contributed by atoms with Crippen molar-refractivity contribution in [1.82, 2.24) is 20.4 Å². The van der Waals surface area contributed by atoms with Crippen molar-refractivity contribution in [1.29, 1.82) is 0 Å². The fourth-order valence-corrected chi connectivity index (χ4v) is 3.02. The van der Waals surface area contributed by atoms with Crippen LogP contribution >= 0.6 is 12.4 Å². The lowest BCUT2D eigenvalue weighted by Crippen LogP contribution is -2.45. The number of aromatic nitrogens is 2. The van der Waals surface area contributed by atoms with Crippen LogP contribution in [0.3, 0.4) is 0 Å². The molecule has 1 aliphatic rings. The van der Waals surface area contributed by atoms with Gasteiger partial charge in [-0.25, -0.2) is 0 Å². The zero-order valence-corrected chi connectivity index (χ0v) is 15.9. The Hall–Kier alpha value is -1.47. The van der Waals surface area contributed by atoms with E-state index in [0.29, 0.717) is 24.3 Å². The Morgan fingerprint density at radius 1 is 1.36 bits per heavy atom. The second-order valence-corrected chi connectivity index (χ2v) is 6.21. The zero-order chi connectivity index (χ0) is 16.9. The SMILES string of the molecule is CCc1ccc(C2CNCCN2Cc2nc(C(C)OC)no2)cc1.Cl. The third-order valence-electron chi connectivity index (χ3n) is 4.67. The van der Waals surface area contributed by atoms with E-state index in [2.05, 4.69) is 51.5 Å². The highest BCUT2D eigenvalue weighted by Crippen LogP contribution is 2.24. The largest absolute Gasteiger partial charge is 0.374 e. The first kappa shape index (κ1) is 19.8. The summed E-state index contributed by atoms with van der Waals surface area (Å²) in [5.41, 5.74) is 2.69. The lowest BCUT2D eigenvalue weighted by Gasteiger charge is -2.35. The third kappa shape index (κ3) is 4.79. The molecule has 138 valence electrons. The minimum Gasteiger partial charge on any atom is -0.374 e. The quantitative estimate of drug-likeness (QED) is 0.848. The number of hydrogen-bond acceptors (Lipinski definition) is 6. The van der Waals surface area contributed by atoms with E-state index in [4.69, 9.17) is 9.26 Å². The average Bonchev–Trinajstić information content (AvgIpc) is 3.10. The Morgan fingerprint density at radius 3 is 2.80 bits per heavy atom. The van der Waals surface area contributed by atoms with E-state index in [1.165, 1.54) is 11.1 Å². The lowest BCUT2D eigenvalue weighted by molar-refractivity contribution is 0.109. The van der Waals surface area contributed by atoms with Crippen LogP contribution in [0.15, 0.2) is 28.8 Å². The molecular weight excluding hydrogens is 340 g/mol. The molecule has 1 aliphatic heterocycles. The monoisotopic (exact) mass is 366 g/mol. The average molecular weight is 367 g/mol. The number of piperazine rings is 1. The molecule has 6 nitrogen and oxygen atoms in total. The molecule has 7 heteroatoms.